The molecule has 3 aromatic rings. The van der Waals surface area contributed by atoms with Crippen LogP contribution < -0.4 is 15.0 Å². The molecular formula is C26H26N3O4S+. The number of thiophene rings is 1. The second kappa shape index (κ2) is 11.0. The number of nitriles is 1. The van der Waals surface area contributed by atoms with E-state index in [9.17, 15) is 14.9 Å². The molecule has 0 saturated heterocycles. The van der Waals surface area contributed by atoms with Crippen LogP contribution in [0, 0.1) is 11.3 Å². The summed E-state index contributed by atoms with van der Waals surface area (Å²) >= 11 is 1.43. The van der Waals surface area contributed by atoms with Crippen LogP contribution in [0.15, 0.2) is 54.6 Å². The van der Waals surface area contributed by atoms with Crippen LogP contribution in [0.2, 0.25) is 0 Å². The lowest BCUT2D eigenvalue weighted by Gasteiger charge is -2.24. The molecule has 2 N–H and O–H groups in total. The first-order chi connectivity index (χ1) is 16.6. The largest absolute Gasteiger partial charge is 0.482 e. The number of nitrogens with one attached hydrogen (secondary N) is 2. The molecule has 1 amide bonds. The summed E-state index contributed by atoms with van der Waals surface area (Å²) in [6.07, 6.45) is 0.740. The zero-order valence-corrected chi connectivity index (χ0v) is 19.7. The maximum absolute atomic E-state index is 12.8. The second-order valence-electron chi connectivity index (χ2n) is 7.96. The smallest absolute Gasteiger partial charge is 0.341 e. The van der Waals surface area contributed by atoms with Crippen LogP contribution in [0.1, 0.15) is 38.8 Å². The fourth-order valence-electron chi connectivity index (χ4n) is 4.07. The quantitative estimate of drug-likeness (QED) is 0.488. The number of anilines is 1. The Morgan fingerprint density at radius 3 is 2.68 bits per heavy atom. The van der Waals surface area contributed by atoms with E-state index >= 15 is 0 Å². The Bertz CT molecular complexity index is 1220. The van der Waals surface area contributed by atoms with Gasteiger partial charge < -0.3 is 19.7 Å². The Balaban J connectivity index is 1.50. The van der Waals surface area contributed by atoms with Crippen LogP contribution in [-0.2, 0) is 29.0 Å². The van der Waals surface area contributed by atoms with Crippen LogP contribution in [-0.4, -0.2) is 31.6 Å². The second-order valence-corrected chi connectivity index (χ2v) is 9.07. The van der Waals surface area contributed by atoms with Gasteiger partial charge >= 0.3 is 5.97 Å². The lowest BCUT2D eigenvalue weighted by Crippen LogP contribution is -3.10. The van der Waals surface area contributed by atoms with Crippen molar-refractivity contribution in [2.75, 3.05) is 25.1 Å². The predicted molar refractivity (Wildman–Crippen MR) is 129 cm³/mol. The highest BCUT2D eigenvalue weighted by atomic mass is 32.1. The zero-order valence-electron chi connectivity index (χ0n) is 18.9. The van der Waals surface area contributed by atoms with Crippen molar-refractivity contribution in [1.82, 2.24) is 0 Å². The molecule has 0 bridgehead atoms. The number of hydrogen-bond acceptors (Lipinski definition) is 6. The molecule has 174 valence electrons. The Hall–Kier alpha value is -3.67. The average molecular weight is 477 g/mol. The minimum absolute atomic E-state index is 0.260. The molecule has 7 nitrogen and oxygen atoms in total. The molecule has 2 aromatic carbocycles. The first kappa shape index (κ1) is 23.5. The molecule has 2 heterocycles. The molecule has 0 saturated carbocycles. The first-order valence-corrected chi connectivity index (χ1v) is 12.0. The molecule has 0 spiro atoms. The fourth-order valence-corrected chi connectivity index (χ4v) is 5.39. The number of benzene rings is 2. The third-order valence-electron chi connectivity index (χ3n) is 5.63. The third-order valence-corrected chi connectivity index (χ3v) is 6.77. The van der Waals surface area contributed by atoms with Crippen molar-refractivity contribution in [2.24, 2.45) is 0 Å². The zero-order chi connectivity index (χ0) is 23.9. The fraction of sp³-hybridized carbons (Fsp3) is 0.269. The van der Waals surface area contributed by atoms with Gasteiger partial charge in [-0.05, 0) is 24.6 Å². The van der Waals surface area contributed by atoms with Gasteiger partial charge in [0.05, 0.1) is 29.2 Å². The molecule has 0 fully saturated rings. The SMILES string of the molecule is CCOC(=O)c1c(NC(=O)COc2ccccc2C#N)sc2c1CC[NH+](Cc1ccccc1)C2. The molecule has 0 radical (unpaired) electrons. The first-order valence-electron chi connectivity index (χ1n) is 11.2. The molecule has 1 atom stereocenters. The molecule has 1 aliphatic heterocycles. The van der Waals surface area contributed by atoms with E-state index in [-0.39, 0.29) is 13.2 Å². The van der Waals surface area contributed by atoms with Gasteiger partial charge in [0, 0.05) is 12.0 Å². The summed E-state index contributed by atoms with van der Waals surface area (Å²) in [7, 11) is 0. The van der Waals surface area contributed by atoms with E-state index in [1.165, 1.54) is 21.8 Å². The van der Waals surface area contributed by atoms with Crippen LogP contribution in [0.4, 0.5) is 5.00 Å². The number of fused-ring (bicyclic) bond motifs is 1. The standard InChI is InChI=1S/C26H25N3O4S/c1-2-32-26(31)24-20-12-13-29(15-18-8-4-3-5-9-18)16-22(20)34-25(24)28-23(30)17-33-21-11-7-6-10-19(21)14-27/h3-11H,2,12-13,15-17H2,1H3,(H,28,30)/p+1. The van der Waals surface area contributed by atoms with E-state index in [2.05, 4.69) is 17.4 Å². The van der Waals surface area contributed by atoms with Gasteiger partial charge in [-0.25, -0.2) is 4.79 Å². The number of rotatable bonds is 8. The molecular weight excluding hydrogens is 450 g/mol. The van der Waals surface area contributed by atoms with Gasteiger partial charge in [0.1, 0.15) is 29.9 Å². The number of quaternary nitrogens is 1. The predicted octanol–water partition coefficient (Wildman–Crippen LogP) is 2.96. The van der Waals surface area contributed by atoms with E-state index in [1.807, 2.05) is 24.3 Å². The van der Waals surface area contributed by atoms with Crippen LogP contribution in [0.3, 0.4) is 0 Å². The van der Waals surface area contributed by atoms with Gasteiger partial charge in [-0.3, -0.25) is 4.79 Å². The van der Waals surface area contributed by atoms with Gasteiger partial charge in [0.2, 0.25) is 0 Å². The summed E-state index contributed by atoms with van der Waals surface area (Å²) in [5.74, 6) is -0.473. The lowest BCUT2D eigenvalue weighted by atomic mass is 10.0. The summed E-state index contributed by atoms with van der Waals surface area (Å²) in [6, 6.07) is 19.1. The average Bonchev–Trinajstić information content (AvgIpc) is 3.20. The van der Waals surface area contributed by atoms with E-state index in [0.29, 0.717) is 21.9 Å². The molecule has 1 unspecified atom stereocenters. The number of nitrogens with zero attached hydrogens (tertiary/aromatic N) is 1. The lowest BCUT2D eigenvalue weighted by molar-refractivity contribution is -0.929. The van der Waals surface area contributed by atoms with Crippen molar-refractivity contribution in [2.45, 2.75) is 26.4 Å². The van der Waals surface area contributed by atoms with E-state index in [0.717, 1.165) is 36.5 Å². The van der Waals surface area contributed by atoms with E-state index < -0.39 is 11.9 Å². The van der Waals surface area contributed by atoms with Crippen LogP contribution >= 0.6 is 11.3 Å². The highest BCUT2D eigenvalue weighted by molar-refractivity contribution is 7.17. The molecule has 4 rings (SSSR count). The summed E-state index contributed by atoms with van der Waals surface area (Å²) in [5.41, 5.74) is 3.04. The van der Waals surface area contributed by atoms with Crippen LogP contribution in [0.25, 0.3) is 0 Å². The Morgan fingerprint density at radius 1 is 1.15 bits per heavy atom. The minimum Gasteiger partial charge on any atom is -0.482 e. The minimum atomic E-state index is -0.419. The van der Waals surface area contributed by atoms with Gasteiger partial charge in [-0.2, -0.15) is 5.26 Å². The van der Waals surface area contributed by atoms with Crippen molar-refractivity contribution in [1.29, 1.82) is 5.26 Å². The third kappa shape index (κ3) is 5.45. The summed E-state index contributed by atoms with van der Waals surface area (Å²) in [5, 5.41) is 12.5. The Kier molecular flexibility index (Phi) is 7.58. The number of amides is 1. The van der Waals surface area contributed by atoms with Gasteiger partial charge in [-0.15, -0.1) is 11.3 Å². The van der Waals surface area contributed by atoms with Crippen molar-refractivity contribution in [3.05, 3.63) is 81.7 Å². The number of esters is 1. The van der Waals surface area contributed by atoms with Gasteiger partial charge in [-0.1, -0.05) is 42.5 Å². The summed E-state index contributed by atoms with van der Waals surface area (Å²) in [6.45, 7) is 4.34. The Labute approximate surface area is 202 Å². The number of carbonyl (C=O) groups excluding carboxylic acids is 2. The van der Waals surface area contributed by atoms with Gasteiger partial charge in [0.15, 0.2) is 6.61 Å². The number of ether oxygens (including phenoxy) is 2. The highest BCUT2D eigenvalue weighted by Crippen LogP contribution is 2.35. The van der Waals surface area contributed by atoms with Crippen molar-refractivity contribution < 1.29 is 24.0 Å². The maximum Gasteiger partial charge on any atom is 0.341 e. The van der Waals surface area contributed by atoms with Gasteiger partial charge in [0.25, 0.3) is 5.91 Å². The topological polar surface area (TPSA) is 92.9 Å². The molecule has 8 heteroatoms. The van der Waals surface area contributed by atoms with Crippen molar-refractivity contribution in [3.63, 3.8) is 0 Å². The monoisotopic (exact) mass is 476 g/mol. The number of carbonyl (C=O) groups is 2. The van der Waals surface area contributed by atoms with E-state index in [4.69, 9.17) is 9.47 Å². The molecule has 34 heavy (non-hydrogen) atoms. The maximum atomic E-state index is 12.8. The number of para-hydroxylation sites is 1. The van der Waals surface area contributed by atoms with Crippen molar-refractivity contribution >= 4 is 28.2 Å². The highest BCUT2D eigenvalue weighted by Gasteiger charge is 2.31. The molecule has 1 aromatic heterocycles. The molecule has 1 aliphatic rings. The Morgan fingerprint density at radius 2 is 1.91 bits per heavy atom. The van der Waals surface area contributed by atoms with E-state index in [1.54, 1.807) is 31.2 Å². The summed E-state index contributed by atoms with van der Waals surface area (Å²) < 4.78 is 10.8. The van der Waals surface area contributed by atoms with Crippen molar-refractivity contribution in [3.8, 4) is 11.8 Å². The molecule has 0 aliphatic carbocycles. The normalized spacial score (nSPS) is 14.5. The number of hydrogen-bond donors (Lipinski definition) is 2. The van der Waals surface area contributed by atoms with Crippen LogP contribution in [0.5, 0.6) is 5.75 Å². The summed E-state index contributed by atoms with van der Waals surface area (Å²) in [4.78, 5) is 27.9.